The van der Waals surface area contributed by atoms with E-state index in [1.54, 1.807) is 12.1 Å². The van der Waals surface area contributed by atoms with E-state index in [0.29, 0.717) is 11.7 Å². The summed E-state index contributed by atoms with van der Waals surface area (Å²) >= 11 is 0. The number of halogens is 1. The molecule has 0 bridgehead atoms. The lowest BCUT2D eigenvalue weighted by molar-refractivity contribution is 0.586. The maximum Gasteiger partial charge on any atom is 0.146 e. The highest BCUT2D eigenvalue weighted by Crippen LogP contribution is 2.16. The van der Waals surface area contributed by atoms with Gasteiger partial charge in [0.25, 0.3) is 0 Å². The van der Waals surface area contributed by atoms with Gasteiger partial charge in [-0.2, -0.15) is 0 Å². The number of hydrogen-bond acceptors (Lipinski definition) is 2. The van der Waals surface area contributed by atoms with Crippen LogP contribution in [-0.4, -0.2) is 26.7 Å². The van der Waals surface area contributed by atoms with Gasteiger partial charge in [0.05, 0.1) is 5.69 Å². The first-order valence-corrected chi connectivity index (χ1v) is 4.78. The second kappa shape index (κ2) is 4.96. The van der Waals surface area contributed by atoms with E-state index in [1.165, 1.54) is 6.07 Å². The number of hydrogen-bond donors (Lipinski definition) is 1. The Morgan fingerprint density at radius 2 is 2.07 bits per heavy atom. The standard InChI is InChI=1S/C11H17FN2/c1-9(13-2)8-14(3)11-7-5-4-6-10(11)12/h4-7,9,13H,8H2,1-3H3. The molecule has 14 heavy (non-hydrogen) atoms. The summed E-state index contributed by atoms with van der Waals surface area (Å²) in [6, 6.07) is 7.17. The number of nitrogens with one attached hydrogen (secondary N) is 1. The van der Waals surface area contributed by atoms with Crippen LogP contribution >= 0.6 is 0 Å². The largest absolute Gasteiger partial charge is 0.371 e. The van der Waals surface area contributed by atoms with Crippen LogP contribution in [0.5, 0.6) is 0 Å². The molecule has 1 rings (SSSR count). The van der Waals surface area contributed by atoms with Gasteiger partial charge in [-0.3, -0.25) is 0 Å². The van der Waals surface area contributed by atoms with E-state index < -0.39 is 0 Å². The molecule has 0 heterocycles. The summed E-state index contributed by atoms with van der Waals surface area (Å²) in [7, 11) is 3.80. The molecule has 0 aromatic heterocycles. The molecule has 1 aromatic rings. The molecule has 0 radical (unpaired) electrons. The number of rotatable bonds is 4. The average Bonchev–Trinajstić information content (AvgIpc) is 2.18. The van der Waals surface area contributed by atoms with Crippen LogP contribution in [0.25, 0.3) is 0 Å². The zero-order valence-corrected chi connectivity index (χ0v) is 8.92. The summed E-state index contributed by atoms with van der Waals surface area (Å²) < 4.78 is 13.3. The van der Waals surface area contributed by atoms with Crippen LogP contribution < -0.4 is 10.2 Å². The zero-order chi connectivity index (χ0) is 10.6. The van der Waals surface area contributed by atoms with Crippen LogP contribution in [0.4, 0.5) is 10.1 Å². The SMILES string of the molecule is CNC(C)CN(C)c1ccccc1F. The van der Waals surface area contributed by atoms with E-state index in [4.69, 9.17) is 0 Å². The highest BCUT2D eigenvalue weighted by molar-refractivity contribution is 5.46. The molecule has 0 aliphatic carbocycles. The Morgan fingerprint density at radius 1 is 1.43 bits per heavy atom. The highest BCUT2D eigenvalue weighted by Gasteiger charge is 2.08. The second-order valence-electron chi connectivity index (χ2n) is 3.52. The van der Waals surface area contributed by atoms with Gasteiger partial charge in [0.15, 0.2) is 0 Å². The maximum atomic E-state index is 13.3. The Morgan fingerprint density at radius 3 is 2.64 bits per heavy atom. The van der Waals surface area contributed by atoms with Crippen molar-refractivity contribution in [2.24, 2.45) is 0 Å². The van der Waals surface area contributed by atoms with Crippen molar-refractivity contribution in [2.75, 3.05) is 25.5 Å². The first kappa shape index (κ1) is 11.0. The summed E-state index contributed by atoms with van der Waals surface area (Å²) in [6.07, 6.45) is 0. The molecule has 0 aliphatic rings. The third-order valence-electron chi connectivity index (χ3n) is 2.30. The van der Waals surface area contributed by atoms with Gasteiger partial charge in [0, 0.05) is 19.6 Å². The van der Waals surface area contributed by atoms with E-state index in [-0.39, 0.29) is 5.82 Å². The minimum absolute atomic E-state index is 0.168. The van der Waals surface area contributed by atoms with Gasteiger partial charge in [-0.25, -0.2) is 4.39 Å². The summed E-state index contributed by atoms with van der Waals surface area (Å²) in [6.45, 7) is 2.86. The van der Waals surface area contributed by atoms with Crippen molar-refractivity contribution in [3.8, 4) is 0 Å². The molecular weight excluding hydrogens is 179 g/mol. The van der Waals surface area contributed by atoms with Crippen molar-refractivity contribution < 1.29 is 4.39 Å². The molecule has 0 spiro atoms. The van der Waals surface area contributed by atoms with Gasteiger partial charge in [0.1, 0.15) is 5.82 Å². The molecule has 0 amide bonds. The molecule has 0 aliphatic heterocycles. The average molecular weight is 196 g/mol. The Bertz CT molecular complexity index is 288. The van der Waals surface area contributed by atoms with E-state index in [9.17, 15) is 4.39 Å². The summed E-state index contributed by atoms with van der Waals surface area (Å²) in [5.41, 5.74) is 0.648. The fraction of sp³-hybridized carbons (Fsp3) is 0.455. The molecule has 1 atom stereocenters. The van der Waals surface area contributed by atoms with Crippen molar-refractivity contribution >= 4 is 5.69 Å². The van der Waals surface area contributed by atoms with Crippen LogP contribution in [0.3, 0.4) is 0 Å². The topological polar surface area (TPSA) is 15.3 Å². The first-order chi connectivity index (χ1) is 6.65. The van der Waals surface area contributed by atoms with Gasteiger partial charge in [-0.15, -0.1) is 0 Å². The molecule has 0 saturated heterocycles. The van der Waals surface area contributed by atoms with Gasteiger partial charge in [-0.1, -0.05) is 12.1 Å². The first-order valence-electron chi connectivity index (χ1n) is 4.78. The molecule has 1 N–H and O–H groups in total. The highest BCUT2D eigenvalue weighted by atomic mass is 19.1. The molecule has 0 fully saturated rings. The molecule has 0 saturated carbocycles. The predicted octanol–water partition coefficient (Wildman–Crippen LogP) is 1.87. The van der Waals surface area contributed by atoms with E-state index >= 15 is 0 Å². The van der Waals surface area contributed by atoms with E-state index in [0.717, 1.165) is 6.54 Å². The normalized spacial score (nSPS) is 12.6. The summed E-state index contributed by atoms with van der Waals surface area (Å²) in [4.78, 5) is 1.91. The van der Waals surface area contributed by atoms with Crippen LogP contribution in [0, 0.1) is 5.82 Å². The van der Waals surface area contributed by atoms with Crippen molar-refractivity contribution in [1.82, 2.24) is 5.32 Å². The smallest absolute Gasteiger partial charge is 0.146 e. The maximum absolute atomic E-state index is 13.3. The summed E-state index contributed by atoms with van der Waals surface area (Å²) in [5.74, 6) is -0.168. The van der Waals surface area contributed by atoms with Crippen molar-refractivity contribution in [2.45, 2.75) is 13.0 Å². The molecule has 78 valence electrons. The number of likely N-dealkylation sites (N-methyl/N-ethyl adjacent to an activating group) is 2. The van der Waals surface area contributed by atoms with Crippen LogP contribution in [0.1, 0.15) is 6.92 Å². The Hall–Kier alpha value is -1.09. The fourth-order valence-corrected chi connectivity index (χ4v) is 1.36. The molecule has 3 heteroatoms. The van der Waals surface area contributed by atoms with Crippen molar-refractivity contribution in [1.29, 1.82) is 0 Å². The molecular formula is C11H17FN2. The monoisotopic (exact) mass is 196 g/mol. The van der Waals surface area contributed by atoms with Gasteiger partial charge in [0.2, 0.25) is 0 Å². The molecule has 1 unspecified atom stereocenters. The zero-order valence-electron chi connectivity index (χ0n) is 8.92. The third-order valence-corrected chi connectivity index (χ3v) is 2.30. The van der Waals surface area contributed by atoms with Gasteiger partial charge in [-0.05, 0) is 26.1 Å². The number of nitrogens with zero attached hydrogens (tertiary/aromatic N) is 1. The molecule has 1 aromatic carbocycles. The minimum atomic E-state index is -0.168. The Balaban J connectivity index is 2.69. The number of benzene rings is 1. The van der Waals surface area contributed by atoms with Crippen molar-refractivity contribution in [3.05, 3.63) is 30.1 Å². The Labute approximate surface area is 84.7 Å². The van der Waals surface area contributed by atoms with E-state index in [1.807, 2.05) is 25.1 Å². The van der Waals surface area contributed by atoms with Crippen LogP contribution in [0.15, 0.2) is 24.3 Å². The van der Waals surface area contributed by atoms with Gasteiger partial charge < -0.3 is 10.2 Å². The lowest BCUT2D eigenvalue weighted by Crippen LogP contribution is -2.35. The quantitative estimate of drug-likeness (QED) is 0.791. The van der Waals surface area contributed by atoms with E-state index in [2.05, 4.69) is 12.2 Å². The fourth-order valence-electron chi connectivity index (χ4n) is 1.36. The van der Waals surface area contributed by atoms with Crippen LogP contribution in [-0.2, 0) is 0 Å². The lowest BCUT2D eigenvalue weighted by Gasteiger charge is -2.23. The number of anilines is 1. The van der Waals surface area contributed by atoms with Crippen LogP contribution in [0.2, 0.25) is 0 Å². The molecule has 2 nitrogen and oxygen atoms in total. The Kier molecular flexibility index (Phi) is 3.89. The lowest BCUT2D eigenvalue weighted by atomic mass is 10.2. The van der Waals surface area contributed by atoms with Crippen molar-refractivity contribution in [3.63, 3.8) is 0 Å². The third kappa shape index (κ3) is 2.70. The number of para-hydroxylation sites is 1. The second-order valence-corrected chi connectivity index (χ2v) is 3.52. The summed E-state index contributed by atoms with van der Waals surface area (Å²) in [5, 5.41) is 3.12. The van der Waals surface area contributed by atoms with Gasteiger partial charge >= 0.3 is 0 Å². The predicted molar refractivity (Wildman–Crippen MR) is 58.2 cm³/mol. The minimum Gasteiger partial charge on any atom is -0.371 e.